The lowest BCUT2D eigenvalue weighted by Gasteiger charge is -2.13. The van der Waals surface area contributed by atoms with Crippen molar-refractivity contribution in [3.05, 3.63) is 58.6 Å². The molecular formula is C22H25N3O4. The van der Waals surface area contributed by atoms with E-state index in [1.807, 2.05) is 0 Å². The van der Waals surface area contributed by atoms with Gasteiger partial charge in [-0.2, -0.15) is 0 Å². The van der Waals surface area contributed by atoms with Crippen LogP contribution in [-0.2, 0) is 0 Å². The maximum atomic E-state index is 13.1. The molecule has 152 valence electrons. The van der Waals surface area contributed by atoms with Gasteiger partial charge >= 0.3 is 0 Å². The number of hydrogen-bond acceptors (Lipinski definition) is 5. The molecule has 1 amide bonds. The number of fused-ring (bicyclic) bond motifs is 1. The van der Waals surface area contributed by atoms with Crippen LogP contribution in [-0.4, -0.2) is 36.2 Å². The summed E-state index contributed by atoms with van der Waals surface area (Å²) in [5, 5.41) is 3.31. The molecule has 7 heteroatoms. The van der Waals surface area contributed by atoms with E-state index >= 15 is 0 Å². The van der Waals surface area contributed by atoms with Crippen LogP contribution in [0.5, 0.6) is 11.5 Å². The first-order chi connectivity index (χ1) is 13.9. The first-order valence-corrected chi connectivity index (χ1v) is 9.46. The lowest BCUT2D eigenvalue weighted by molar-refractivity contribution is 0.0952. The highest BCUT2D eigenvalue weighted by atomic mass is 16.5. The van der Waals surface area contributed by atoms with Gasteiger partial charge in [-0.25, -0.2) is 4.98 Å². The number of methoxy groups -OCH3 is 2. The summed E-state index contributed by atoms with van der Waals surface area (Å²) in [5.74, 6) is 1.46. The third-order valence-electron chi connectivity index (χ3n) is 4.67. The Bertz CT molecular complexity index is 1090. The lowest BCUT2D eigenvalue weighted by atomic mass is 10.1. The highest BCUT2D eigenvalue weighted by molar-refractivity contribution is 5.97. The highest BCUT2D eigenvalue weighted by Gasteiger charge is 2.13. The molecule has 0 atom stereocenters. The molecule has 0 saturated heterocycles. The van der Waals surface area contributed by atoms with E-state index in [2.05, 4.69) is 24.1 Å². The first-order valence-electron chi connectivity index (χ1n) is 9.46. The van der Waals surface area contributed by atoms with Gasteiger partial charge in [0.15, 0.2) is 0 Å². The van der Waals surface area contributed by atoms with Gasteiger partial charge < -0.3 is 14.8 Å². The van der Waals surface area contributed by atoms with Crippen LogP contribution >= 0.6 is 0 Å². The standard InChI is InChI=1S/C22H25N3O4/c1-14(2)9-10-23-21(26)15-5-7-17-18(11-15)24-13-25(22(17)27)19-12-16(28-3)6-8-20(19)29-4/h5-8,11-14H,9-10H2,1-4H3,(H,23,26). The molecule has 3 rings (SSSR count). The summed E-state index contributed by atoms with van der Waals surface area (Å²) >= 11 is 0. The van der Waals surface area contributed by atoms with Gasteiger partial charge in [-0.15, -0.1) is 0 Å². The zero-order valence-corrected chi connectivity index (χ0v) is 17.1. The largest absolute Gasteiger partial charge is 0.497 e. The van der Waals surface area contributed by atoms with E-state index in [9.17, 15) is 9.59 Å². The fourth-order valence-corrected chi connectivity index (χ4v) is 3.00. The van der Waals surface area contributed by atoms with Gasteiger partial charge in [0.25, 0.3) is 11.5 Å². The van der Waals surface area contributed by atoms with Gasteiger partial charge in [0.05, 0.1) is 30.8 Å². The molecule has 1 aromatic heterocycles. The van der Waals surface area contributed by atoms with Gasteiger partial charge in [0.1, 0.15) is 17.8 Å². The summed E-state index contributed by atoms with van der Waals surface area (Å²) in [4.78, 5) is 29.8. The van der Waals surface area contributed by atoms with Crippen molar-refractivity contribution in [1.82, 2.24) is 14.9 Å². The average molecular weight is 395 g/mol. The first kappa shape index (κ1) is 20.4. The maximum absolute atomic E-state index is 13.1. The smallest absolute Gasteiger partial charge is 0.265 e. The molecule has 2 aromatic carbocycles. The molecule has 1 N–H and O–H groups in total. The summed E-state index contributed by atoms with van der Waals surface area (Å²) < 4.78 is 12.0. The van der Waals surface area contributed by atoms with Crippen LogP contribution < -0.4 is 20.3 Å². The molecule has 1 heterocycles. The monoisotopic (exact) mass is 395 g/mol. The van der Waals surface area contributed by atoms with E-state index in [0.29, 0.717) is 46.1 Å². The number of nitrogens with zero attached hydrogens (tertiary/aromatic N) is 2. The van der Waals surface area contributed by atoms with Crippen LogP contribution in [0.2, 0.25) is 0 Å². The predicted octanol–water partition coefficient (Wildman–Crippen LogP) is 3.18. The number of aromatic nitrogens is 2. The topological polar surface area (TPSA) is 82.4 Å². The van der Waals surface area contributed by atoms with Crippen molar-refractivity contribution in [2.24, 2.45) is 5.92 Å². The van der Waals surface area contributed by atoms with Crippen molar-refractivity contribution in [3.8, 4) is 17.2 Å². The summed E-state index contributed by atoms with van der Waals surface area (Å²) in [5.41, 5.74) is 1.21. The summed E-state index contributed by atoms with van der Waals surface area (Å²) in [7, 11) is 3.09. The van der Waals surface area contributed by atoms with Crippen LogP contribution in [0.15, 0.2) is 47.5 Å². The Morgan fingerprint density at radius 3 is 2.62 bits per heavy atom. The third-order valence-corrected chi connectivity index (χ3v) is 4.67. The molecule has 0 bridgehead atoms. The van der Waals surface area contributed by atoms with Gasteiger partial charge in [-0.05, 0) is 42.7 Å². The molecule has 0 radical (unpaired) electrons. The quantitative estimate of drug-likeness (QED) is 0.664. The summed E-state index contributed by atoms with van der Waals surface area (Å²) in [6.45, 7) is 4.82. The van der Waals surface area contributed by atoms with Crippen molar-refractivity contribution >= 4 is 16.8 Å². The second-order valence-corrected chi connectivity index (χ2v) is 7.13. The van der Waals surface area contributed by atoms with Crippen LogP contribution in [0, 0.1) is 5.92 Å². The highest BCUT2D eigenvalue weighted by Crippen LogP contribution is 2.26. The fourth-order valence-electron chi connectivity index (χ4n) is 3.00. The minimum Gasteiger partial charge on any atom is -0.497 e. The number of benzene rings is 2. The number of amides is 1. The Morgan fingerprint density at radius 1 is 1.14 bits per heavy atom. The second-order valence-electron chi connectivity index (χ2n) is 7.13. The molecule has 29 heavy (non-hydrogen) atoms. The molecular weight excluding hydrogens is 370 g/mol. The third kappa shape index (κ3) is 4.39. The SMILES string of the molecule is COc1ccc(OC)c(-n2cnc3cc(C(=O)NCCC(C)C)ccc3c2=O)c1. The minimum atomic E-state index is -0.256. The predicted molar refractivity (Wildman–Crippen MR) is 112 cm³/mol. The number of carbonyl (C=O) groups is 1. The van der Waals surface area contributed by atoms with Gasteiger partial charge in [-0.1, -0.05) is 13.8 Å². The van der Waals surface area contributed by atoms with Crippen LogP contribution in [0.4, 0.5) is 0 Å². The van der Waals surface area contributed by atoms with Gasteiger partial charge in [0.2, 0.25) is 0 Å². The van der Waals surface area contributed by atoms with Crippen LogP contribution in [0.3, 0.4) is 0 Å². The fraction of sp³-hybridized carbons (Fsp3) is 0.318. The lowest BCUT2D eigenvalue weighted by Crippen LogP contribution is -2.25. The van der Waals surface area contributed by atoms with E-state index in [0.717, 1.165) is 6.42 Å². The van der Waals surface area contributed by atoms with Gasteiger partial charge in [-0.3, -0.25) is 14.2 Å². The Balaban J connectivity index is 1.97. The second kappa shape index (κ2) is 8.77. The molecule has 7 nitrogen and oxygen atoms in total. The number of carbonyl (C=O) groups excluding carboxylic acids is 1. The van der Waals surface area contributed by atoms with Crippen molar-refractivity contribution in [2.75, 3.05) is 20.8 Å². The number of hydrogen-bond donors (Lipinski definition) is 1. The average Bonchev–Trinajstić information content (AvgIpc) is 2.73. The Labute approximate surface area is 169 Å². The Hall–Kier alpha value is -3.35. The van der Waals surface area contributed by atoms with Gasteiger partial charge in [0, 0.05) is 18.2 Å². The molecule has 0 aliphatic carbocycles. The van der Waals surface area contributed by atoms with E-state index in [1.165, 1.54) is 18.0 Å². The van der Waals surface area contributed by atoms with E-state index in [4.69, 9.17) is 9.47 Å². The van der Waals surface area contributed by atoms with E-state index in [-0.39, 0.29) is 11.5 Å². The van der Waals surface area contributed by atoms with Crippen LogP contribution in [0.25, 0.3) is 16.6 Å². The van der Waals surface area contributed by atoms with Crippen molar-refractivity contribution in [3.63, 3.8) is 0 Å². The molecule has 0 aliphatic heterocycles. The summed E-state index contributed by atoms with van der Waals surface area (Å²) in [6.07, 6.45) is 2.34. The summed E-state index contributed by atoms with van der Waals surface area (Å²) in [6, 6.07) is 10.1. The van der Waals surface area contributed by atoms with Crippen molar-refractivity contribution in [1.29, 1.82) is 0 Å². The molecule has 0 fully saturated rings. The van der Waals surface area contributed by atoms with Crippen molar-refractivity contribution < 1.29 is 14.3 Å². The molecule has 0 unspecified atom stereocenters. The Kier molecular flexibility index (Phi) is 6.16. The van der Waals surface area contributed by atoms with E-state index in [1.54, 1.807) is 43.5 Å². The number of nitrogens with one attached hydrogen (secondary N) is 1. The molecule has 0 spiro atoms. The Morgan fingerprint density at radius 2 is 1.93 bits per heavy atom. The van der Waals surface area contributed by atoms with E-state index < -0.39 is 0 Å². The molecule has 0 saturated carbocycles. The minimum absolute atomic E-state index is 0.173. The number of rotatable bonds is 7. The van der Waals surface area contributed by atoms with Crippen LogP contribution in [0.1, 0.15) is 30.6 Å². The molecule has 0 aliphatic rings. The normalized spacial score (nSPS) is 10.9. The zero-order chi connectivity index (χ0) is 21.0. The zero-order valence-electron chi connectivity index (χ0n) is 17.1. The maximum Gasteiger partial charge on any atom is 0.265 e. The van der Waals surface area contributed by atoms with Crippen molar-refractivity contribution in [2.45, 2.75) is 20.3 Å². The molecule has 3 aromatic rings. The number of ether oxygens (including phenoxy) is 2.